The van der Waals surface area contributed by atoms with Crippen LogP contribution in [0.5, 0.6) is 0 Å². The maximum absolute atomic E-state index is 12.4. The number of amides is 1. The van der Waals surface area contributed by atoms with Crippen molar-refractivity contribution >= 4 is 6.09 Å². The van der Waals surface area contributed by atoms with Gasteiger partial charge in [-0.2, -0.15) is 0 Å². The number of ether oxygens (including phenoxy) is 2. The van der Waals surface area contributed by atoms with Crippen molar-refractivity contribution in [3.8, 4) is 0 Å². The number of hydrogen-bond acceptors (Lipinski definition) is 3. The fraction of sp³-hybridized carbons (Fsp3) is 0.812. The van der Waals surface area contributed by atoms with Gasteiger partial charge in [0.2, 0.25) is 0 Å². The molecular weight excluding hydrogens is 254 g/mol. The SMILES string of the molecule is CCCC=CCC(C)OC(=O)N1C(C)(C)COC1(C)C. The Hall–Kier alpha value is -1.03. The lowest BCUT2D eigenvalue weighted by Crippen LogP contribution is -2.53. The molecule has 0 aromatic heterocycles. The van der Waals surface area contributed by atoms with Gasteiger partial charge in [-0.15, -0.1) is 0 Å². The third-order valence-electron chi connectivity index (χ3n) is 3.50. The average molecular weight is 283 g/mol. The van der Waals surface area contributed by atoms with E-state index in [1.54, 1.807) is 4.90 Å². The van der Waals surface area contributed by atoms with Gasteiger partial charge in [-0.3, -0.25) is 4.90 Å². The highest BCUT2D eigenvalue weighted by Crippen LogP contribution is 2.35. The van der Waals surface area contributed by atoms with Gasteiger partial charge in [-0.1, -0.05) is 25.5 Å². The second-order valence-electron chi connectivity index (χ2n) is 6.57. The molecule has 0 spiro atoms. The van der Waals surface area contributed by atoms with Crippen molar-refractivity contribution in [1.82, 2.24) is 4.90 Å². The van der Waals surface area contributed by atoms with Crippen molar-refractivity contribution < 1.29 is 14.3 Å². The molecule has 1 amide bonds. The first-order chi connectivity index (χ1) is 9.20. The van der Waals surface area contributed by atoms with E-state index in [2.05, 4.69) is 19.1 Å². The van der Waals surface area contributed by atoms with Gasteiger partial charge in [0.25, 0.3) is 0 Å². The highest BCUT2D eigenvalue weighted by atomic mass is 16.6. The van der Waals surface area contributed by atoms with Gasteiger partial charge >= 0.3 is 6.09 Å². The molecule has 116 valence electrons. The summed E-state index contributed by atoms with van der Waals surface area (Å²) in [6, 6.07) is 0. The molecule has 0 bridgehead atoms. The van der Waals surface area contributed by atoms with Crippen LogP contribution >= 0.6 is 0 Å². The van der Waals surface area contributed by atoms with Crippen LogP contribution in [-0.2, 0) is 9.47 Å². The summed E-state index contributed by atoms with van der Waals surface area (Å²) in [5, 5.41) is 0. The van der Waals surface area contributed by atoms with Gasteiger partial charge in [-0.05, 0) is 41.0 Å². The average Bonchev–Trinajstić information content (AvgIpc) is 2.54. The predicted octanol–water partition coefficient (Wildman–Crippen LogP) is 4.10. The third-order valence-corrected chi connectivity index (χ3v) is 3.50. The van der Waals surface area contributed by atoms with Crippen LogP contribution in [0.3, 0.4) is 0 Å². The summed E-state index contributed by atoms with van der Waals surface area (Å²) >= 11 is 0. The smallest absolute Gasteiger partial charge is 0.412 e. The molecule has 1 aliphatic heterocycles. The monoisotopic (exact) mass is 283 g/mol. The summed E-state index contributed by atoms with van der Waals surface area (Å²) in [6.07, 6.45) is 6.76. The minimum Gasteiger partial charge on any atom is -0.446 e. The van der Waals surface area contributed by atoms with Crippen LogP contribution in [-0.4, -0.2) is 35.0 Å². The Morgan fingerprint density at radius 1 is 1.35 bits per heavy atom. The zero-order valence-corrected chi connectivity index (χ0v) is 13.7. The lowest BCUT2D eigenvalue weighted by molar-refractivity contribution is -0.0569. The van der Waals surface area contributed by atoms with Gasteiger partial charge in [-0.25, -0.2) is 4.79 Å². The number of carbonyl (C=O) groups excluding carboxylic acids is 1. The number of hydrogen-bond donors (Lipinski definition) is 0. The summed E-state index contributed by atoms with van der Waals surface area (Å²) in [4.78, 5) is 14.1. The Morgan fingerprint density at radius 3 is 2.50 bits per heavy atom. The standard InChI is InChI=1S/C16H29NO3/c1-7-8-9-10-11-13(2)20-14(18)17-15(3,4)12-19-16(17,5)6/h9-10,13H,7-8,11-12H2,1-6H3. The van der Waals surface area contributed by atoms with Crippen LogP contribution in [0.15, 0.2) is 12.2 Å². The minimum atomic E-state index is -0.613. The van der Waals surface area contributed by atoms with E-state index in [0.29, 0.717) is 6.61 Å². The molecule has 1 unspecified atom stereocenters. The molecule has 1 saturated heterocycles. The Kier molecular flexibility index (Phi) is 5.63. The number of rotatable bonds is 5. The van der Waals surface area contributed by atoms with Crippen molar-refractivity contribution in [3.63, 3.8) is 0 Å². The minimum absolute atomic E-state index is 0.122. The van der Waals surface area contributed by atoms with Crippen LogP contribution in [0.4, 0.5) is 4.79 Å². The maximum Gasteiger partial charge on any atom is 0.412 e. The summed E-state index contributed by atoms with van der Waals surface area (Å²) in [6.45, 7) is 12.4. The highest BCUT2D eigenvalue weighted by Gasteiger charge is 2.49. The van der Waals surface area contributed by atoms with Gasteiger partial charge in [0.05, 0.1) is 12.1 Å². The molecule has 0 saturated carbocycles. The Balaban J connectivity index is 2.57. The molecule has 1 fully saturated rings. The van der Waals surface area contributed by atoms with Gasteiger partial charge in [0, 0.05) is 6.42 Å². The van der Waals surface area contributed by atoms with Crippen molar-refractivity contribution in [1.29, 1.82) is 0 Å². The molecule has 1 aliphatic rings. The molecule has 0 aromatic rings. The van der Waals surface area contributed by atoms with Crippen LogP contribution in [0.2, 0.25) is 0 Å². The van der Waals surface area contributed by atoms with E-state index in [0.717, 1.165) is 19.3 Å². The molecule has 0 aliphatic carbocycles. The van der Waals surface area contributed by atoms with Gasteiger partial charge < -0.3 is 9.47 Å². The van der Waals surface area contributed by atoms with Crippen molar-refractivity contribution in [2.45, 2.75) is 78.2 Å². The van der Waals surface area contributed by atoms with E-state index in [4.69, 9.17) is 9.47 Å². The summed E-state index contributed by atoms with van der Waals surface area (Å²) in [5.74, 6) is 0. The second-order valence-corrected chi connectivity index (χ2v) is 6.57. The number of allylic oxidation sites excluding steroid dienone is 1. The molecule has 20 heavy (non-hydrogen) atoms. The van der Waals surface area contributed by atoms with E-state index in [9.17, 15) is 4.79 Å². The molecule has 0 N–H and O–H groups in total. The molecule has 4 nitrogen and oxygen atoms in total. The first-order valence-electron chi connectivity index (χ1n) is 7.50. The molecule has 1 atom stereocenters. The van der Waals surface area contributed by atoms with Crippen molar-refractivity contribution in [3.05, 3.63) is 12.2 Å². The highest BCUT2D eigenvalue weighted by molar-refractivity contribution is 5.70. The van der Waals surface area contributed by atoms with E-state index in [-0.39, 0.29) is 17.7 Å². The van der Waals surface area contributed by atoms with Crippen LogP contribution in [0, 0.1) is 0 Å². The molecule has 1 heterocycles. The van der Waals surface area contributed by atoms with Crippen LogP contribution in [0.1, 0.15) is 60.8 Å². The number of nitrogens with zero attached hydrogens (tertiary/aromatic N) is 1. The number of unbranched alkanes of at least 4 members (excludes halogenated alkanes) is 1. The maximum atomic E-state index is 12.4. The number of carbonyl (C=O) groups is 1. The molecular formula is C16H29NO3. The largest absolute Gasteiger partial charge is 0.446 e. The normalized spacial score (nSPS) is 22.2. The quantitative estimate of drug-likeness (QED) is 0.713. The zero-order valence-electron chi connectivity index (χ0n) is 13.7. The summed E-state index contributed by atoms with van der Waals surface area (Å²) < 4.78 is 11.2. The fourth-order valence-corrected chi connectivity index (χ4v) is 2.52. The van der Waals surface area contributed by atoms with E-state index >= 15 is 0 Å². The first-order valence-corrected chi connectivity index (χ1v) is 7.50. The van der Waals surface area contributed by atoms with Gasteiger partial charge in [0.15, 0.2) is 0 Å². The Morgan fingerprint density at radius 2 is 2.00 bits per heavy atom. The lowest BCUT2D eigenvalue weighted by Gasteiger charge is -2.37. The Bertz CT molecular complexity index is 345. The molecule has 1 rings (SSSR count). The third kappa shape index (κ3) is 4.23. The van der Waals surface area contributed by atoms with E-state index < -0.39 is 5.72 Å². The van der Waals surface area contributed by atoms with E-state index in [1.165, 1.54) is 0 Å². The molecule has 0 radical (unpaired) electrons. The van der Waals surface area contributed by atoms with E-state index in [1.807, 2.05) is 34.6 Å². The second kappa shape index (κ2) is 6.61. The fourth-order valence-electron chi connectivity index (χ4n) is 2.52. The Labute approximate surface area is 123 Å². The molecule has 0 aromatic carbocycles. The summed E-state index contributed by atoms with van der Waals surface area (Å²) in [5.41, 5.74) is -0.948. The van der Waals surface area contributed by atoms with Crippen molar-refractivity contribution in [2.24, 2.45) is 0 Å². The summed E-state index contributed by atoms with van der Waals surface area (Å²) in [7, 11) is 0. The topological polar surface area (TPSA) is 38.8 Å². The first kappa shape index (κ1) is 17.0. The van der Waals surface area contributed by atoms with Crippen molar-refractivity contribution in [2.75, 3.05) is 6.61 Å². The van der Waals surface area contributed by atoms with Gasteiger partial charge in [0.1, 0.15) is 11.8 Å². The zero-order chi connectivity index (χ0) is 15.4. The molecule has 4 heteroatoms. The van der Waals surface area contributed by atoms with Crippen LogP contribution < -0.4 is 0 Å². The van der Waals surface area contributed by atoms with Crippen LogP contribution in [0.25, 0.3) is 0 Å². The lowest BCUT2D eigenvalue weighted by atomic mass is 10.0. The predicted molar refractivity (Wildman–Crippen MR) is 80.6 cm³/mol.